The van der Waals surface area contributed by atoms with Crippen LogP contribution in [0.1, 0.15) is 15.2 Å². The van der Waals surface area contributed by atoms with Gasteiger partial charge in [-0.25, -0.2) is 13.2 Å². The SMILES string of the molecule is Cc1scc(S(=O)(=O)Cl)c1C(=O)O. The highest BCUT2D eigenvalue weighted by Crippen LogP contribution is 2.28. The van der Waals surface area contributed by atoms with Crippen molar-refractivity contribution in [3.8, 4) is 0 Å². The molecule has 72 valence electrons. The number of hydrogen-bond donors (Lipinski definition) is 1. The van der Waals surface area contributed by atoms with Crippen LogP contribution in [0.4, 0.5) is 0 Å². The molecule has 0 fully saturated rings. The van der Waals surface area contributed by atoms with Crippen LogP contribution in [0.15, 0.2) is 10.3 Å². The van der Waals surface area contributed by atoms with Crippen molar-refractivity contribution >= 4 is 37.0 Å². The summed E-state index contributed by atoms with van der Waals surface area (Å²) in [4.78, 5) is 10.7. The number of rotatable bonds is 2. The number of hydrogen-bond acceptors (Lipinski definition) is 4. The van der Waals surface area contributed by atoms with E-state index in [4.69, 9.17) is 15.8 Å². The first kappa shape index (κ1) is 10.5. The number of carboxylic acid groups (broad SMARTS) is 1. The lowest BCUT2D eigenvalue weighted by molar-refractivity contribution is 0.0693. The van der Waals surface area contributed by atoms with Crippen molar-refractivity contribution < 1.29 is 18.3 Å². The van der Waals surface area contributed by atoms with Crippen LogP contribution >= 0.6 is 22.0 Å². The van der Waals surface area contributed by atoms with Gasteiger partial charge in [-0.2, -0.15) is 0 Å². The molecule has 0 aliphatic carbocycles. The summed E-state index contributed by atoms with van der Waals surface area (Å²) in [6.45, 7) is 1.53. The van der Waals surface area contributed by atoms with Gasteiger partial charge >= 0.3 is 5.97 Å². The molecule has 0 atom stereocenters. The van der Waals surface area contributed by atoms with Crippen LogP contribution in [0.2, 0.25) is 0 Å². The quantitative estimate of drug-likeness (QED) is 0.799. The Balaban J connectivity index is 3.49. The van der Waals surface area contributed by atoms with Crippen molar-refractivity contribution in [1.82, 2.24) is 0 Å². The number of aromatic carboxylic acids is 1. The molecule has 0 bridgehead atoms. The number of thiophene rings is 1. The van der Waals surface area contributed by atoms with Crippen molar-refractivity contribution in [3.63, 3.8) is 0 Å². The minimum absolute atomic E-state index is 0.236. The first-order valence-electron chi connectivity index (χ1n) is 3.10. The van der Waals surface area contributed by atoms with E-state index in [1.54, 1.807) is 0 Å². The topological polar surface area (TPSA) is 71.4 Å². The Morgan fingerprint density at radius 1 is 1.62 bits per heavy atom. The molecule has 0 aliphatic heterocycles. The van der Waals surface area contributed by atoms with Gasteiger partial charge in [-0.15, -0.1) is 11.3 Å². The van der Waals surface area contributed by atoms with Crippen LogP contribution < -0.4 is 0 Å². The standard InChI is InChI=1S/C6H5ClO4S2/c1-3-5(6(8)9)4(2-12-3)13(7,10)11/h2H,1H3,(H,8,9). The van der Waals surface area contributed by atoms with Gasteiger partial charge in [0, 0.05) is 20.9 Å². The lowest BCUT2D eigenvalue weighted by atomic mass is 10.3. The third-order valence-electron chi connectivity index (χ3n) is 1.42. The molecule has 0 amide bonds. The molecule has 13 heavy (non-hydrogen) atoms. The van der Waals surface area contributed by atoms with E-state index >= 15 is 0 Å². The molecule has 7 heteroatoms. The Hall–Kier alpha value is -0.590. The summed E-state index contributed by atoms with van der Waals surface area (Å²) in [5.41, 5.74) is -0.236. The molecule has 4 nitrogen and oxygen atoms in total. The maximum absolute atomic E-state index is 10.9. The molecule has 1 N–H and O–H groups in total. The fourth-order valence-corrected chi connectivity index (χ4v) is 3.30. The van der Waals surface area contributed by atoms with E-state index in [1.807, 2.05) is 0 Å². The Kier molecular flexibility index (Phi) is 2.65. The van der Waals surface area contributed by atoms with E-state index in [0.29, 0.717) is 4.88 Å². The molecule has 1 rings (SSSR count). The lowest BCUT2D eigenvalue weighted by Gasteiger charge is -1.95. The van der Waals surface area contributed by atoms with Gasteiger partial charge in [0.15, 0.2) is 0 Å². The van der Waals surface area contributed by atoms with E-state index in [0.717, 1.165) is 11.3 Å². The van der Waals surface area contributed by atoms with Crippen molar-refractivity contribution in [2.24, 2.45) is 0 Å². The summed E-state index contributed by atoms with van der Waals surface area (Å²) >= 11 is 1.04. The average molecular weight is 241 g/mol. The first-order chi connectivity index (χ1) is 5.84. The number of carboxylic acids is 1. The normalized spacial score (nSPS) is 11.5. The van der Waals surface area contributed by atoms with Crippen molar-refractivity contribution in [3.05, 3.63) is 15.8 Å². The maximum Gasteiger partial charge on any atom is 0.338 e. The fraction of sp³-hybridized carbons (Fsp3) is 0.167. The van der Waals surface area contributed by atoms with Crippen molar-refractivity contribution in [2.75, 3.05) is 0 Å². The van der Waals surface area contributed by atoms with Gasteiger partial charge in [-0.05, 0) is 6.92 Å². The highest BCUT2D eigenvalue weighted by atomic mass is 35.7. The molecule has 0 aromatic carbocycles. The van der Waals surface area contributed by atoms with Gasteiger partial charge in [0.2, 0.25) is 0 Å². The predicted octanol–water partition coefficient (Wildman–Crippen LogP) is 1.68. The van der Waals surface area contributed by atoms with Gasteiger partial charge in [0.25, 0.3) is 9.05 Å². The smallest absolute Gasteiger partial charge is 0.338 e. The van der Waals surface area contributed by atoms with Crippen molar-refractivity contribution in [2.45, 2.75) is 11.8 Å². The summed E-state index contributed by atoms with van der Waals surface area (Å²) < 4.78 is 21.8. The molecular weight excluding hydrogens is 236 g/mol. The third kappa shape index (κ3) is 2.01. The summed E-state index contributed by atoms with van der Waals surface area (Å²) in [6, 6.07) is 0. The molecule has 0 saturated carbocycles. The molecule has 0 radical (unpaired) electrons. The second-order valence-electron chi connectivity index (χ2n) is 2.27. The lowest BCUT2D eigenvalue weighted by Crippen LogP contribution is -2.02. The summed E-state index contributed by atoms with van der Waals surface area (Å²) in [6.07, 6.45) is 0. The van der Waals surface area contributed by atoms with E-state index < -0.39 is 15.0 Å². The molecule has 1 aromatic heterocycles. The zero-order chi connectivity index (χ0) is 10.2. The number of carbonyl (C=O) groups is 1. The first-order valence-corrected chi connectivity index (χ1v) is 6.29. The molecule has 0 saturated heterocycles. The summed E-state index contributed by atoms with van der Waals surface area (Å²) in [5, 5.41) is 9.91. The molecule has 1 aromatic rings. The number of aryl methyl sites for hydroxylation is 1. The largest absolute Gasteiger partial charge is 0.478 e. The number of halogens is 1. The van der Waals surface area contributed by atoms with Crippen LogP contribution in [0, 0.1) is 6.92 Å². The van der Waals surface area contributed by atoms with E-state index in [-0.39, 0.29) is 10.5 Å². The Morgan fingerprint density at radius 3 is 2.46 bits per heavy atom. The molecule has 0 aliphatic rings. The highest BCUT2D eigenvalue weighted by Gasteiger charge is 2.23. The third-order valence-corrected chi connectivity index (χ3v) is 3.82. The Labute approximate surface area is 83.2 Å². The fourth-order valence-electron chi connectivity index (χ4n) is 0.869. The molecular formula is C6H5ClO4S2. The Morgan fingerprint density at radius 2 is 2.15 bits per heavy atom. The minimum atomic E-state index is -3.96. The zero-order valence-electron chi connectivity index (χ0n) is 6.44. The molecule has 1 heterocycles. The van der Waals surface area contributed by atoms with Crippen LogP contribution in [0.3, 0.4) is 0 Å². The highest BCUT2D eigenvalue weighted by molar-refractivity contribution is 8.13. The van der Waals surface area contributed by atoms with Gasteiger partial charge in [0.1, 0.15) is 4.90 Å². The van der Waals surface area contributed by atoms with Crippen LogP contribution in [0.25, 0.3) is 0 Å². The van der Waals surface area contributed by atoms with Crippen molar-refractivity contribution in [1.29, 1.82) is 0 Å². The summed E-state index contributed by atoms with van der Waals surface area (Å²) in [7, 11) is 1.08. The van der Waals surface area contributed by atoms with Gasteiger partial charge in [-0.3, -0.25) is 0 Å². The monoisotopic (exact) mass is 240 g/mol. The second kappa shape index (κ2) is 3.28. The van der Waals surface area contributed by atoms with Gasteiger partial charge < -0.3 is 5.11 Å². The molecule has 0 spiro atoms. The van der Waals surface area contributed by atoms with E-state index in [9.17, 15) is 13.2 Å². The van der Waals surface area contributed by atoms with Gasteiger partial charge in [0.05, 0.1) is 5.56 Å². The average Bonchev–Trinajstić information content (AvgIpc) is 2.28. The van der Waals surface area contributed by atoms with Crippen LogP contribution in [-0.2, 0) is 9.05 Å². The second-order valence-corrected chi connectivity index (χ2v) is 5.89. The van der Waals surface area contributed by atoms with Crippen LogP contribution in [0.5, 0.6) is 0 Å². The zero-order valence-corrected chi connectivity index (χ0v) is 8.83. The Bertz CT molecular complexity index is 445. The van der Waals surface area contributed by atoms with Crippen LogP contribution in [-0.4, -0.2) is 19.5 Å². The maximum atomic E-state index is 10.9. The van der Waals surface area contributed by atoms with Gasteiger partial charge in [-0.1, -0.05) is 0 Å². The van der Waals surface area contributed by atoms with E-state index in [1.165, 1.54) is 12.3 Å². The molecule has 0 unspecified atom stereocenters. The predicted molar refractivity (Wildman–Crippen MR) is 49.1 cm³/mol. The minimum Gasteiger partial charge on any atom is -0.478 e. The summed E-state index contributed by atoms with van der Waals surface area (Å²) in [5.74, 6) is -1.28. The van der Waals surface area contributed by atoms with E-state index in [2.05, 4.69) is 0 Å².